The van der Waals surface area contributed by atoms with Crippen molar-refractivity contribution in [3.8, 4) is 0 Å². The molecule has 0 aliphatic carbocycles. The van der Waals surface area contributed by atoms with Crippen molar-refractivity contribution in [3.05, 3.63) is 54.1 Å². The molecule has 1 heterocycles. The molecule has 1 amide bonds. The summed E-state index contributed by atoms with van der Waals surface area (Å²) in [5, 5.41) is 3.10. The molecule has 5 nitrogen and oxygen atoms in total. The summed E-state index contributed by atoms with van der Waals surface area (Å²) < 4.78 is 23.7. The zero-order valence-electron chi connectivity index (χ0n) is 15.1. The number of para-hydroxylation sites is 1. The minimum Gasteiger partial charge on any atom is -0.376 e. The van der Waals surface area contributed by atoms with Gasteiger partial charge in [-0.25, -0.2) is 8.42 Å². The quantitative estimate of drug-likeness (QED) is 0.875. The maximum atomic E-state index is 12.8. The van der Waals surface area contributed by atoms with Gasteiger partial charge in [-0.2, -0.15) is 0 Å². The highest BCUT2D eigenvalue weighted by Gasteiger charge is 2.27. The number of hydrogen-bond donors (Lipinski definition) is 1. The van der Waals surface area contributed by atoms with Crippen molar-refractivity contribution in [1.29, 1.82) is 0 Å². The van der Waals surface area contributed by atoms with Crippen molar-refractivity contribution in [1.82, 2.24) is 0 Å². The minimum atomic E-state index is -3.21. The summed E-state index contributed by atoms with van der Waals surface area (Å²) in [4.78, 5) is 14.9. The number of hydrogen-bond acceptors (Lipinski definition) is 4. The number of nitrogens with one attached hydrogen (secondary N) is 1. The van der Waals surface area contributed by atoms with Crippen molar-refractivity contribution < 1.29 is 13.2 Å². The first kappa shape index (κ1) is 18.5. The smallest absolute Gasteiger partial charge is 0.246 e. The van der Waals surface area contributed by atoms with Crippen molar-refractivity contribution in [2.75, 3.05) is 22.5 Å². The van der Waals surface area contributed by atoms with Crippen LogP contribution in [-0.4, -0.2) is 32.7 Å². The second-order valence-electron chi connectivity index (χ2n) is 6.56. The van der Waals surface area contributed by atoms with Crippen LogP contribution in [0.5, 0.6) is 0 Å². The van der Waals surface area contributed by atoms with Crippen LogP contribution in [0.2, 0.25) is 0 Å². The van der Waals surface area contributed by atoms with Gasteiger partial charge in [0.15, 0.2) is 9.84 Å². The fourth-order valence-electron chi connectivity index (χ4n) is 3.28. The molecule has 2 aromatic rings. The van der Waals surface area contributed by atoms with E-state index in [9.17, 15) is 13.2 Å². The van der Waals surface area contributed by atoms with Gasteiger partial charge in [0.25, 0.3) is 0 Å². The van der Waals surface area contributed by atoms with E-state index in [2.05, 4.69) is 18.3 Å². The number of carbonyl (C=O) groups excluding carboxylic acids is 1. The fraction of sp³-hybridized carbons (Fsp3) is 0.350. The maximum Gasteiger partial charge on any atom is 0.246 e. The Kier molecular flexibility index (Phi) is 5.32. The largest absolute Gasteiger partial charge is 0.376 e. The van der Waals surface area contributed by atoms with Crippen LogP contribution in [0.4, 0.5) is 11.4 Å². The highest BCUT2D eigenvalue weighted by Crippen LogP contribution is 2.30. The molecule has 3 rings (SSSR count). The zero-order chi connectivity index (χ0) is 18.7. The third-order valence-electron chi connectivity index (χ3n) is 4.83. The summed E-state index contributed by atoms with van der Waals surface area (Å²) >= 11 is 0. The molecule has 2 aromatic carbocycles. The molecular formula is C20H24N2O3S. The van der Waals surface area contributed by atoms with Crippen LogP contribution in [0.25, 0.3) is 0 Å². The van der Waals surface area contributed by atoms with Crippen molar-refractivity contribution >= 4 is 27.1 Å². The van der Waals surface area contributed by atoms with Crippen LogP contribution >= 0.6 is 0 Å². The first-order valence-corrected chi connectivity index (χ1v) is 10.5. The van der Waals surface area contributed by atoms with E-state index in [0.29, 0.717) is 4.90 Å². The van der Waals surface area contributed by atoms with E-state index in [-0.39, 0.29) is 24.2 Å². The highest BCUT2D eigenvalue weighted by molar-refractivity contribution is 7.91. The SMILES string of the molecule is CCS(=O)(=O)c1ccc(NCC(=O)N2c3ccccc3CCC2C)cc1. The molecule has 1 atom stereocenters. The molecule has 1 N–H and O–H groups in total. The molecular weight excluding hydrogens is 348 g/mol. The molecule has 0 bridgehead atoms. The summed E-state index contributed by atoms with van der Waals surface area (Å²) in [5.41, 5.74) is 2.92. The molecule has 138 valence electrons. The monoisotopic (exact) mass is 372 g/mol. The number of sulfone groups is 1. The number of aryl methyl sites for hydroxylation is 1. The Morgan fingerprint density at radius 3 is 2.54 bits per heavy atom. The maximum absolute atomic E-state index is 12.8. The number of anilines is 2. The number of amides is 1. The van der Waals surface area contributed by atoms with Crippen molar-refractivity contribution in [2.24, 2.45) is 0 Å². The topological polar surface area (TPSA) is 66.5 Å². The lowest BCUT2D eigenvalue weighted by molar-refractivity contribution is -0.117. The number of carbonyl (C=O) groups is 1. The molecule has 0 saturated heterocycles. The minimum absolute atomic E-state index is 0.00917. The number of rotatable bonds is 5. The molecule has 1 aliphatic heterocycles. The molecule has 1 aliphatic rings. The van der Waals surface area contributed by atoms with Gasteiger partial charge in [-0.1, -0.05) is 25.1 Å². The van der Waals surface area contributed by atoms with E-state index in [1.165, 1.54) is 5.56 Å². The normalized spacial score (nSPS) is 16.8. The van der Waals surface area contributed by atoms with Gasteiger partial charge in [0.2, 0.25) is 5.91 Å². The fourth-order valence-corrected chi connectivity index (χ4v) is 4.16. The Labute approximate surface area is 154 Å². The van der Waals surface area contributed by atoms with Crippen LogP contribution in [0, 0.1) is 0 Å². The Morgan fingerprint density at radius 2 is 1.85 bits per heavy atom. The van der Waals surface area contributed by atoms with E-state index >= 15 is 0 Å². The van der Waals surface area contributed by atoms with Gasteiger partial charge in [0.1, 0.15) is 0 Å². The Hall–Kier alpha value is -2.34. The first-order chi connectivity index (χ1) is 12.4. The average molecular weight is 372 g/mol. The van der Waals surface area contributed by atoms with E-state index in [1.807, 2.05) is 23.1 Å². The van der Waals surface area contributed by atoms with Crippen LogP contribution < -0.4 is 10.2 Å². The van der Waals surface area contributed by atoms with Gasteiger partial charge < -0.3 is 10.2 Å². The highest BCUT2D eigenvalue weighted by atomic mass is 32.2. The van der Waals surface area contributed by atoms with E-state index in [4.69, 9.17) is 0 Å². The molecule has 0 saturated carbocycles. The third kappa shape index (κ3) is 3.75. The third-order valence-corrected chi connectivity index (χ3v) is 6.58. The molecule has 1 unspecified atom stereocenters. The van der Waals surface area contributed by atoms with Crippen molar-refractivity contribution in [3.63, 3.8) is 0 Å². The lowest BCUT2D eigenvalue weighted by Crippen LogP contribution is -2.44. The van der Waals surface area contributed by atoms with Gasteiger partial charge in [-0.15, -0.1) is 0 Å². The summed E-state index contributed by atoms with van der Waals surface area (Å²) in [5.74, 6) is 0.0831. The molecule has 0 radical (unpaired) electrons. The van der Waals surface area contributed by atoms with Crippen LogP contribution in [0.3, 0.4) is 0 Å². The van der Waals surface area contributed by atoms with Gasteiger partial charge in [0, 0.05) is 17.4 Å². The van der Waals surface area contributed by atoms with Gasteiger partial charge >= 0.3 is 0 Å². The van der Waals surface area contributed by atoms with E-state index < -0.39 is 9.84 Å². The number of benzene rings is 2. The summed E-state index contributed by atoms with van der Waals surface area (Å²) in [6, 6.07) is 14.7. The lowest BCUT2D eigenvalue weighted by Gasteiger charge is -2.35. The second-order valence-corrected chi connectivity index (χ2v) is 8.84. The molecule has 0 aromatic heterocycles. The zero-order valence-corrected chi connectivity index (χ0v) is 15.9. The average Bonchev–Trinajstić information content (AvgIpc) is 2.66. The van der Waals surface area contributed by atoms with E-state index in [1.54, 1.807) is 31.2 Å². The Bertz CT molecular complexity index is 892. The van der Waals surface area contributed by atoms with Gasteiger partial charge in [-0.3, -0.25) is 4.79 Å². The molecule has 0 fully saturated rings. The predicted octanol–water partition coefficient (Wildman–Crippen LogP) is 3.26. The van der Waals surface area contributed by atoms with Gasteiger partial charge in [-0.05, 0) is 55.7 Å². The Morgan fingerprint density at radius 1 is 1.15 bits per heavy atom. The summed E-state index contributed by atoms with van der Waals surface area (Å²) in [7, 11) is -3.21. The molecule has 26 heavy (non-hydrogen) atoms. The van der Waals surface area contributed by atoms with Crippen LogP contribution in [-0.2, 0) is 21.1 Å². The van der Waals surface area contributed by atoms with E-state index in [0.717, 1.165) is 24.2 Å². The van der Waals surface area contributed by atoms with Crippen LogP contribution in [0.15, 0.2) is 53.4 Å². The molecule has 0 spiro atoms. The summed E-state index contributed by atoms with van der Waals surface area (Å²) in [6.07, 6.45) is 1.94. The Balaban J connectivity index is 1.70. The number of nitrogens with zero attached hydrogens (tertiary/aromatic N) is 1. The van der Waals surface area contributed by atoms with Gasteiger partial charge in [0.05, 0.1) is 17.2 Å². The lowest BCUT2D eigenvalue weighted by atomic mass is 9.96. The van der Waals surface area contributed by atoms with Crippen molar-refractivity contribution in [2.45, 2.75) is 37.6 Å². The first-order valence-electron chi connectivity index (χ1n) is 8.89. The van der Waals surface area contributed by atoms with Crippen LogP contribution in [0.1, 0.15) is 25.8 Å². The number of fused-ring (bicyclic) bond motifs is 1. The molecule has 6 heteroatoms. The standard InChI is InChI=1S/C20H24N2O3S/c1-3-26(24,25)18-12-10-17(11-13-18)21-14-20(23)22-15(2)8-9-16-6-4-5-7-19(16)22/h4-7,10-13,15,21H,3,8-9,14H2,1-2H3. The predicted molar refractivity (Wildman–Crippen MR) is 104 cm³/mol. The summed E-state index contributed by atoms with van der Waals surface area (Å²) in [6.45, 7) is 3.86. The second kappa shape index (κ2) is 7.50.